The first-order valence-electron chi connectivity index (χ1n) is 7.70. The molecule has 5 heteroatoms. The smallest absolute Gasteiger partial charge is 0.319 e. The van der Waals surface area contributed by atoms with Gasteiger partial charge in [-0.2, -0.15) is 0 Å². The van der Waals surface area contributed by atoms with Crippen molar-refractivity contribution in [1.29, 1.82) is 0 Å². The van der Waals surface area contributed by atoms with Gasteiger partial charge >= 0.3 is 7.60 Å². The van der Waals surface area contributed by atoms with Gasteiger partial charge < -0.3 is 4.89 Å². The van der Waals surface area contributed by atoms with Gasteiger partial charge in [0, 0.05) is 11.8 Å². The summed E-state index contributed by atoms with van der Waals surface area (Å²) in [5, 5.41) is 0. The number of carbonyl (C=O) groups is 1. The zero-order chi connectivity index (χ0) is 16.1. The van der Waals surface area contributed by atoms with E-state index in [-0.39, 0.29) is 5.92 Å². The maximum absolute atomic E-state index is 12.4. The van der Waals surface area contributed by atoms with Crippen molar-refractivity contribution in [3.63, 3.8) is 0 Å². The summed E-state index contributed by atoms with van der Waals surface area (Å²) in [4.78, 5) is 22.5. The maximum atomic E-state index is 12.4. The molecule has 0 saturated carbocycles. The van der Waals surface area contributed by atoms with Crippen LogP contribution in [-0.4, -0.2) is 16.0 Å². The van der Waals surface area contributed by atoms with E-state index >= 15 is 0 Å². The van der Waals surface area contributed by atoms with E-state index in [1.165, 1.54) is 0 Å². The molecule has 4 atom stereocenters. The standard InChI is InChI=1S/C16H27O4P/c1-5-7-11-14(6-2)15(17)21(18,19)20-16(4)12-9-8-10-13(16)3/h8-10,12-14H,5-7,11H2,1-4H3,(H,18,19). The highest BCUT2D eigenvalue weighted by molar-refractivity contribution is 7.71. The summed E-state index contributed by atoms with van der Waals surface area (Å²) in [6.07, 6.45) is 10.3. The van der Waals surface area contributed by atoms with Crippen molar-refractivity contribution < 1.29 is 18.8 Å². The molecule has 1 aliphatic rings. The maximum Gasteiger partial charge on any atom is 0.395 e. The Labute approximate surface area is 127 Å². The average Bonchev–Trinajstić information content (AvgIpc) is 2.42. The second-order valence-corrected chi connectivity index (χ2v) is 7.58. The summed E-state index contributed by atoms with van der Waals surface area (Å²) in [6.45, 7) is 7.54. The lowest BCUT2D eigenvalue weighted by atomic mass is 9.87. The minimum atomic E-state index is -4.29. The summed E-state index contributed by atoms with van der Waals surface area (Å²) in [6, 6.07) is 0. The van der Waals surface area contributed by atoms with E-state index < -0.39 is 24.6 Å². The normalized spacial score (nSPS) is 29.1. The highest BCUT2D eigenvalue weighted by Crippen LogP contribution is 2.52. The van der Waals surface area contributed by atoms with Gasteiger partial charge in [0.15, 0.2) is 0 Å². The first-order valence-corrected chi connectivity index (χ1v) is 9.28. The largest absolute Gasteiger partial charge is 0.395 e. The minimum absolute atomic E-state index is 0.0634. The van der Waals surface area contributed by atoms with Crippen LogP contribution in [0.25, 0.3) is 0 Å². The third-order valence-corrected chi connectivity index (χ3v) is 5.75. The molecule has 120 valence electrons. The molecule has 21 heavy (non-hydrogen) atoms. The van der Waals surface area contributed by atoms with Crippen molar-refractivity contribution in [1.82, 2.24) is 0 Å². The van der Waals surface area contributed by atoms with Crippen molar-refractivity contribution in [2.24, 2.45) is 11.8 Å². The molecule has 0 aliphatic heterocycles. The summed E-state index contributed by atoms with van der Waals surface area (Å²) < 4.78 is 17.8. The Bertz CT molecular complexity index is 469. The molecular formula is C16H27O4P. The minimum Gasteiger partial charge on any atom is -0.319 e. The van der Waals surface area contributed by atoms with Gasteiger partial charge in [0.2, 0.25) is 5.52 Å². The van der Waals surface area contributed by atoms with Crippen LogP contribution in [0.2, 0.25) is 0 Å². The summed E-state index contributed by atoms with van der Waals surface area (Å²) in [5.41, 5.74) is -1.56. The lowest BCUT2D eigenvalue weighted by Gasteiger charge is -2.34. The molecule has 1 N–H and O–H groups in total. The van der Waals surface area contributed by atoms with E-state index in [0.29, 0.717) is 12.8 Å². The zero-order valence-corrected chi connectivity index (χ0v) is 14.3. The third kappa shape index (κ3) is 4.64. The highest BCUT2D eigenvalue weighted by atomic mass is 31.2. The van der Waals surface area contributed by atoms with Crippen molar-refractivity contribution in [2.75, 3.05) is 0 Å². The van der Waals surface area contributed by atoms with Gasteiger partial charge in [-0.25, -0.2) is 0 Å². The lowest BCUT2D eigenvalue weighted by Crippen LogP contribution is -2.34. The Hall–Kier alpha value is -0.700. The monoisotopic (exact) mass is 314 g/mol. The molecule has 0 fully saturated rings. The van der Waals surface area contributed by atoms with Crippen molar-refractivity contribution in [2.45, 2.75) is 59.0 Å². The summed E-state index contributed by atoms with van der Waals surface area (Å²) >= 11 is 0. The van der Waals surface area contributed by atoms with Gasteiger partial charge in [-0.3, -0.25) is 13.9 Å². The van der Waals surface area contributed by atoms with Gasteiger partial charge in [0.1, 0.15) is 0 Å². The van der Waals surface area contributed by atoms with Gasteiger partial charge in [-0.1, -0.05) is 57.9 Å². The van der Waals surface area contributed by atoms with Crippen LogP contribution < -0.4 is 0 Å². The van der Waals surface area contributed by atoms with Crippen LogP contribution in [0.1, 0.15) is 53.4 Å². The quantitative estimate of drug-likeness (QED) is 0.672. The molecule has 0 aromatic carbocycles. The Morgan fingerprint density at radius 3 is 2.62 bits per heavy atom. The fraction of sp³-hybridized carbons (Fsp3) is 0.688. The second kappa shape index (κ2) is 7.53. The fourth-order valence-electron chi connectivity index (χ4n) is 2.43. The fourth-order valence-corrected chi connectivity index (χ4v) is 4.05. The molecule has 0 aromatic rings. The first-order chi connectivity index (χ1) is 9.77. The lowest BCUT2D eigenvalue weighted by molar-refractivity contribution is -0.118. The molecule has 4 unspecified atom stereocenters. The van der Waals surface area contributed by atoms with E-state index in [9.17, 15) is 14.3 Å². The molecule has 1 rings (SSSR count). The van der Waals surface area contributed by atoms with E-state index in [4.69, 9.17) is 4.52 Å². The summed E-state index contributed by atoms with van der Waals surface area (Å²) in [7, 11) is -4.29. The molecule has 0 spiro atoms. The molecule has 1 aliphatic carbocycles. The van der Waals surface area contributed by atoms with Crippen LogP contribution in [0.5, 0.6) is 0 Å². The van der Waals surface area contributed by atoms with E-state index in [2.05, 4.69) is 0 Å². The van der Waals surface area contributed by atoms with Gasteiger partial charge in [0.25, 0.3) is 0 Å². The predicted octanol–water partition coefficient (Wildman–Crippen LogP) is 4.45. The first kappa shape index (κ1) is 18.3. The van der Waals surface area contributed by atoms with E-state index in [1.54, 1.807) is 19.1 Å². The highest BCUT2D eigenvalue weighted by Gasteiger charge is 2.43. The van der Waals surface area contributed by atoms with Gasteiger partial charge in [-0.15, -0.1) is 0 Å². The molecule has 0 bridgehead atoms. The van der Waals surface area contributed by atoms with Crippen molar-refractivity contribution in [3.8, 4) is 0 Å². The van der Waals surface area contributed by atoms with Crippen LogP contribution in [0, 0.1) is 11.8 Å². The number of allylic oxidation sites excluding steroid dienone is 2. The number of hydrogen-bond acceptors (Lipinski definition) is 3. The number of hydrogen-bond donors (Lipinski definition) is 1. The Morgan fingerprint density at radius 2 is 2.10 bits per heavy atom. The molecular weight excluding hydrogens is 287 g/mol. The van der Waals surface area contributed by atoms with E-state index in [1.807, 2.05) is 32.9 Å². The summed E-state index contributed by atoms with van der Waals surface area (Å²) in [5.74, 6) is -0.464. The SMILES string of the molecule is CCCCC(CC)C(=O)P(=O)(O)OC1(C)C=CC=CC1C. The topological polar surface area (TPSA) is 63.6 Å². The Morgan fingerprint density at radius 1 is 1.43 bits per heavy atom. The predicted molar refractivity (Wildman–Crippen MR) is 85.1 cm³/mol. The second-order valence-electron chi connectivity index (χ2n) is 5.91. The third-order valence-electron chi connectivity index (χ3n) is 4.19. The molecule has 0 saturated heterocycles. The van der Waals surface area contributed by atoms with Crippen LogP contribution in [0.3, 0.4) is 0 Å². The Balaban J connectivity index is 2.84. The Kier molecular flexibility index (Phi) is 6.58. The van der Waals surface area contributed by atoms with Crippen LogP contribution in [-0.2, 0) is 13.9 Å². The number of carbonyl (C=O) groups excluding carboxylic acids is 1. The van der Waals surface area contributed by atoms with Gasteiger partial charge in [-0.05, 0) is 19.8 Å². The van der Waals surface area contributed by atoms with Crippen molar-refractivity contribution in [3.05, 3.63) is 24.3 Å². The zero-order valence-electron chi connectivity index (χ0n) is 13.4. The van der Waals surface area contributed by atoms with Crippen LogP contribution in [0.4, 0.5) is 0 Å². The molecule has 0 radical (unpaired) electrons. The van der Waals surface area contributed by atoms with Crippen molar-refractivity contribution >= 4 is 13.1 Å². The molecule has 0 amide bonds. The molecule has 4 nitrogen and oxygen atoms in total. The van der Waals surface area contributed by atoms with Crippen LogP contribution in [0.15, 0.2) is 24.3 Å². The molecule has 0 aromatic heterocycles. The van der Waals surface area contributed by atoms with E-state index in [0.717, 1.165) is 12.8 Å². The van der Waals surface area contributed by atoms with Gasteiger partial charge in [0.05, 0.1) is 5.60 Å². The molecule has 0 heterocycles. The number of rotatable bonds is 8. The van der Waals surface area contributed by atoms with Crippen LogP contribution >= 0.6 is 7.60 Å². The average molecular weight is 314 g/mol. The number of unbranched alkanes of at least 4 members (excludes halogenated alkanes) is 1.